The number of hydrogen-bond donors (Lipinski definition) is 0. The second-order valence-electron chi connectivity index (χ2n) is 7.58. The number of para-hydroxylation sites is 1. The maximum absolute atomic E-state index is 5.52. The second-order valence-corrected chi connectivity index (χ2v) is 7.58. The van der Waals surface area contributed by atoms with Gasteiger partial charge in [-0.15, -0.1) is 0 Å². The summed E-state index contributed by atoms with van der Waals surface area (Å²) in [7, 11) is 1.67. The molecule has 0 atom stereocenters. The summed E-state index contributed by atoms with van der Waals surface area (Å²) in [5, 5.41) is 5.40. The number of hydrogen-bond acceptors (Lipinski definition) is 3. The van der Waals surface area contributed by atoms with Crippen molar-refractivity contribution in [3.8, 4) is 5.75 Å². The third kappa shape index (κ3) is 3.77. The lowest BCUT2D eigenvalue weighted by molar-refractivity contribution is 0.261. The van der Waals surface area contributed by atoms with E-state index in [9.17, 15) is 0 Å². The van der Waals surface area contributed by atoms with Gasteiger partial charge in [0.1, 0.15) is 0 Å². The van der Waals surface area contributed by atoms with E-state index in [0.29, 0.717) is 0 Å². The van der Waals surface area contributed by atoms with Gasteiger partial charge in [0.25, 0.3) is 0 Å². The first-order valence-electron chi connectivity index (χ1n) is 9.78. The average molecular weight is 349 g/mol. The SMILES string of the molecule is COc1cccc2c(CCC3CCC(Cc4ccccc4)CC3)noc12. The van der Waals surface area contributed by atoms with Gasteiger partial charge in [-0.3, -0.25) is 0 Å². The van der Waals surface area contributed by atoms with Gasteiger partial charge in [-0.1, -0.05) is 54.4 Å². The van der Waals surface area contributed by atoms with Crippen molar-refractivity contribution in [2.75, 3.05) is 7.11 Å². The van der Waals surface area contributed by atoms with E-state index in [1.807, 2.05) is 12.1 Å². The molecule has 1 saturated carbocycles. The summed E-state index contributed by atoms with van der Waals surface area (Å²) < 4.78 is 10.9. The van der Waals surface area contributed by atoms with E-state index in [4.69, 9.17) is 9.26 Å². The van der Waals surface area contributed by atoms with E-state index in [2.05, 4.69) is 41.6 Å². The molecule has 1 fully saturated rings. The number of methoxy groups -OCH3 is 1. The minimum Gasteiger partial charge on any atom is -0.493 e. The van der Waals surface area contributed by atoms with E-state index in [-0.39, 0.29) is 0 Å². The zero-order chi connectivity index (χ0) is 17.8. The van der Waals surface area contributed by atoms with Gasteiger partial charge in [0.05, 0.1) is 12.8 Å². The summed E-state index contributed by atoms with van der Waals surface area (Å²) in [5.41, 5.74) is 3.33. The van der Waals surface area contributed by atoms with E-state index in [1.165, 1.54) is 44.1 Å². The van der Waals surface area contributed by atoms with Crippen LogP contribution in [0.15, 0.2) is 53.1 Å². The van der Waals surface area contributed by atoms with Crippen molar-refractivity contribution >= 4 is 11.0 Å². The molecule has 0 radical (unpaired) electrons. The van der Waals surface area contributed by atoms with Crippen molar-refractivity contribution in [3.05, 3.63) is 59.8 Å². The molecule has 1 aliphatic carbocycles. The lowest BCUT2D eigenvalue weighted by Crippen LogP contribution is -2.17. The van der Waals surface area contributed by atoms with Crippen LogP contribution in [0.4, 0.5) is 0 Å². The summed E-state index contributed by atoms with van der Waals surface area (Å²) in [4.78, 5) is 0. The Hall–Kier alpha value is -2.29. The normalized spacial score (nSPS) is 20.3. The molecule has 136 valence electrons. The van der Waals surface area contributed by atoms with Crippen LogP contribution in [0, 0.1) is 11.8 Å². The standard InChI is InChI=1S/C23H27NO2/c1-25-22-9-5-8-20-21(24-26-23(20)22)15-14-17-10-12-19(13-11-17)16-18-6-3-2-4-7-18/h2-9,17,19H,10-16H2,1H3. The summed E-state index contributed by atoms with van der Waals surface area (Å²) in [6.45, 7) is 0. The molecule has 3 aromatic rings. The van der Waals surface area contributed by atoms with Crippen LogP contribution in [-0.2, 0) is 12.8 Å². The molecule has 0 bridgehead atoms. The van der Waals surface area contributed by atoms with Gasteiger partial charge >= 0.3 is 0 Å². The van der Waals surface area contributed by atoms with Crippen LogP contribution in [0.25, 0.3) is 11.0 Å². The maximum atomic E-state index is 5.52. The fourth-order valence-corrected chi connectivity index (χ4v) is 4.34. The van der Waals surface area contributed by atoms with Gasteiger partial charge in [0.2, 0.25) is 5.58 Å². The predicted octanol–water partition coefficient (Wildman–Crippen LogP) is 5.82. The number of ether oxygens (including phenoxy) is 1. The largest absolute Gasteiger partial charge is 0.493 e. The summed E-state index contributed by atoms with van der Waals surface area (Å²) in [6, 6.07) is 16.9. The smallest absolute Gasteiger partial charge is 0.208 e. The van der Waals surface area contributed by atoms with Gasteiger partial charge < -0.3 is 9.26 Å². The van der Waals surface area contributed by atoms with Crippen LogP contribution in [0.1, 0.15) is 43.4 Å². The lowest BCUT2D eigenvalue weighted by Gasteiger charge is -2.28. The van der Waals surface area contributed by atoms with Gasteiger partial charge in [-0.2, -0.15) is 0 Å². The van der Waals surface area contributed by atoms with Gasteiger partial charge in [0, 0.05) is 5.39 Å². The fourth-order valence-electron chi connectivity index (χ4n) is 4.34. The van der Waals surface area contributed by atoms with Crippen molar-refractivity contribution in [1.29, 1.82) is 0 Å². The zero-order valence-electron chi connectivity index (χ0n) is 15.5. The Morgan fingerprint density at radius 1 is 0.962 bits per heavy atom. The highest BCUT2D eigenvalue weighted by Gasteiger charge is 2.22. The molecule has 0 unspecified atom stereocenters. The monoisotopic (exact) mass is 349 g/mol. The van der Waals surface area contributed by atoms with E-state index < -0.39 is 0 Å². The highest BCUT2D eigenvalue weighted by atomic mass is 16.5. The highest BCUT2D eigenvalue weighted by molar-refractivity contribution is 5.84. The van der Waals surface area contributed by atoms with Crippen molar-refractivity contribution in [3.63, 3.8) is 0 Å². The molecule has 2 aromatic carbocycles. The zero-order valence-corrected chi connectivity index (χ0v) is 15.5. The minimum atomic E-state index is 0.766. The number of nitrogens with zero attached hydrogens (tertiary/aromatic N) is 1. The first-order valence-corrected chi connectivity index (χ1v) is 9.78. The van der Waals surface area contributed by atoms with Gasteiger partial charge in [0.15, 0.2) is 5.75 Å². The Bertz CT molecular complexity index is 832. The van der Waals surface area contributed by atoms with Gasteiger partial charge in [-0.05, 0) is 61.6 Å². The van der Waals surface area contributed by atoms with Crippen molar-refractivity contribution < 1.29 is 9.26 Å². The molecule has 1 heterocycles. The molecule has 0 spiro atoms. The van der Waals surface area contributed by atoms with Crippen molar-refractivity contribution in [2.24, 2.45) is 11.8 Å². The lowest BCUT2D eigenvalue weighted by atomic mass is 9.77. The van der Waals surface area contributed by atoms with Crippen LogP contribution in [0.2, 0.25) is 0 Å². The average Bonchev–Trinajstić information content (AvgIpc) is 3.11. The maximum Gasteiger partial charge on any atom is 0.208 e. The van der Waals surface area contributed by atoms with Crippen LogP contribution in [0.3, 0.4) is 0 Å². The second kappa shape index (κ2) is 7.94. The Morgan fingerprint density at radius 2 is 1.73 bits per heavy atom. The fraction of sp³-hybridized carbons (Fsp3) is 0.435. The summed E-state index contributed by atoms with van der Waals surface area (Å²) in [5.74, 6) is 2.44. The molecule has 3 heteroatoms. The highest BCUT2D eigenvalue weighted by Crippen LogP contribution is 2.34. The van der Waals surface area contributed by atoms with Crippen LogP contribution < -0.4 is 4.74 Å². The molecule has 3 nitrogen and oxygen atoms in total. The van der Waals surface area contributed by atoms with Gasteiger partial charge in [-0.25, -0.2) is 0 Å². The number of aryl methyl sites for hydroxylation is 1. The minimum absolute atomic E-state index is 0.766. The summed E-state index contributed by atoms with van der Waals surface area (Å²) >= 11 is 0. The Labute approximate surface area is 155 Å². The van der Waals surface area contributed by atoms with E-state index in [1.54, 1.807) is 7.11 Å². The molecule has 1 aliphatic rings. The van der Waals surface area contributed by atoms with Crippen LogP contribution >= 0.6 is 0 Å². The first kappa shape index (κ1) is 17.1. The predicted molar refractivity (Wildman–Crippen MR) is 104 cm³/mol. The van der Waals surface area contributed by atoms with E-state index >= 15 is 0 Å². The third-order valence-electron chi connectivity index (χ3n) is 5.88. The van der Waals surface area contributed by atoms with Crippen LogP contribution in [-0.4, -0.2) is 12.3 Å². The number of fused-ring (bicyclic) bond motifs is 1. The van der Waals surface area contributed by atoms with E-state index in [0.717, 1.165) is 40.7 Å². The quantitative estimate of drug-likeness (QED) is 0.562. The molecule has 0 saturated heterocycles. The summed E-state index contributed by atoms with van der Waals surface area (Å²) in [6.07, 6.45) is 8.83. The Balaban J connectivity index is 1.30. The van der Waals surface area contributed by atoms with Crippen molar-refractivity contribution in [2.45, 2.75) is 44.9 Å². The molecule has 1 aromatic heterocycles. The molecule has 0 N–H and O–H groups in total. The van der Waals surface area contributed by atoms with Crippen LogP contribution in [0.5, 0.6) is 5.75 Å². The molecular weight excluding hydrogens is 322 g/mol. The molecular formula is C23H27NO2. The first-order chi connectivity index (χ1) is 12.8. The molecule has 4 rings (SSSR count). The topological polar surface area (TPSA) is 35.3 Å². The molecule has 0 amide bonds. The number of benzene rings is 2. The Kier molecular flexibility index (Phi) is 5.24. The molecule has 0 aliphatic heterocycles. The third-order valence-corrected chi connectivity index (χ3v) is 5.88. The Morgan fingerprint density at radius 3 is 2.50 bits per heavy atom. The number of rotatable bonds is 6. The molecule has 26 heavy (non-hydrogen) atoms. The van der Waals surface area contributed by atoms with Crippen molar-refractivity contribution in [1.82, 2.24) is 5.16 Å². The number of aromatic nitrogens is 1.